The lowest BCUT2D eigenvalue weighted by Gasteiger charge is -2.41. The Balaban J connectivity index is 1.11. The highest BCUT2D eigenvalue weighted by atomic mass is 32.2. The van der Waals surface area contributed by atoms with E-state index in [-0.39, 0.29) is 17.6 Å². The van der Waals surface area contributed by atoms with Gasteiger partial charge in [0.2, 0.25) is 0 Å². The van der Waals surface area contributed by atoms with Gasteiger partial charge in [0.1, 0.15) is 16.1 Å². The summed E-state index contributed by atoms with van der Waals surface area (Å²) in [6, 6.07) is 0.395. The molecule has 4 aliphatic heterocycles. The maximum absolute atomic E-state index is 11.9. The zero-order valence-corrected chi connectivity index (χ0v) is 20.9. The van der Waals surface area contributed by atoms with E-state index in [9.17, 15) is 8.42 Å². The van der Waals surface area contributed by atoms with Gasteiger partial charge in [0.25, 0.3) is 0 Å². The molecule has 1 saturated carbocycles. The molecule has 4 heterocycles. The topological polar surface area (TPSA) is 95.2 Å². The fourth-order valence-electron chi connectivity index (χ4n) is 6.70. The Labute approximate surface area is 199 Å². The van der Waals surface area contributed by atoms with Gasteiger partial charge in [-0.2, -0.15) is 5.48 Å². The lowest BCUT2D eigenvalue weighted by Crippen LogP contribution is -2.57. The first-order valence-corrected chi connectivity index (χ1v) is 15.1. The zero-order chi connectivity index (χ0) is 22.8. The summed E-state index contributed by atoms with van der Waals surface area (Å²) in [6.45, 7) is 6.93. The molecule has 0 radical (unpaired) electrons. The second kappa shape index (κ2) is 10.7. The highest BCUT2D eigenvalue weighted by Crippen LogP contribution is 2.32. The van der Waals surface area contributed by atoms with Crippen molar-refractivity contribution < 1.29 is 18.0 Å². The summed E-state index contributed by atoms with van der Waals surface area (Å²) in [7, 11) is -2.89. The fourth-order valence-corrected chi connectivity index (χ4v) is 7.83. The van der Waals surface area contributed by atoms with Crippen LogP contribution >= 0.6 is 0 Å². The van der Waals surface area contributed by atoms with Crippen LogP contribution in [0.15, 0.2) is 0 Å². The minimum absolute atomic E-state index is 0.0292. The first-order valence-electron chi connectivity index (χ1n) is 13.1. The van der Waals surface area contributed by atoms with Crippen LogP contribution < -0.4 is 16.1 Å². The number of morpholine rings is 1. The van der Waals surface area contributed by atoms with Crippen molar-refractivity contribution in [1.82, 2.24) is 25.9 Å². The number of sulfone groups is 1. The van der Waals surface area contributed by atoms with E-state index in [0.29, 0.717) is 24.0 Å². The smallest absolute Gasteiger partial charge is 0.150 e. The second-order valence-electron chi connectivity index (χ2n) is 10.9. The highest BCUT2D eigenvalue weighted by Gasteiger charge is 2.42. The van der Waals surface area contributed by atoms with Crippen LogP contribution in [-0.4, -0.2) is 100 Å². The molecule has 5 aliphatic rings. The van der Waals surface area contributed by atoms with Gasteiger partial charge in [-0.3, -0.25) is 20.0 Å². The van der Waals surface area contributed by atoms with Crippen molar-refractivity contribution in [3.63, 3.8) is 0 Å². The van der Waals surface area contributed by atoms with Crippen molar-refractivity contribution in [2.75, 3.05) is 52.2 Å². The first kappa shape index (κ1) is 24.4. The number of nitrogens with zero attached hydrogens (tertiary/aromatic N) is 2. The number of likely N-dealkylation sites (tertiary alicyclic amines) is 1. The number of ether oxygens (including phenoxy) is 1. The van der Waals surface area contributed by atoms with Gasteiger partial charge in [0.15, 0.2) is 0 Å². The SMILES string of the molecule is CS(=O)(=O)C1CCC(CN2CCCC2C2NC(C3CCNC(N4CCOCC4)C3)NO2)CC1. The molecule has 0 aromatic heterocycles. The van der Waals surface area contributed by atoms with Crippen LogP contribution in [0, 0.1) is 11.8 Å². The Bertz CT molecular complexity index is 741. The molecule has 0 bridgehead atoms. The maximum Gasteiger partial charge on any atom is 0.150 e. The van der Waals surface area contributed by atoms with E-state index in [4.69, 9.17) is 9.57 Å². The third-order valence-electron chi connectivity index (χ3n) is 8.70. The van der Waals surface area contributed by atoms with Crippen molar-refractivity contribution in [1.29, 1.82) is 0 Å². The molecule has 5 rings (SSSR count). The summed E-state index contributed by atoms with van der Waals surface area (Å²) in [5.74, 6) is 1.15. The molecule has 4 saturated heterocycles. The molecule has 5 unspecified atom stereocenters. The van der Waals surface area contributed by atoms with Gasteiger partial charge in [0, 0.05) is 25.9 Å². The average molecular weight is 486 g/mol. The fraction of sp³-hybridized carbons (Fsp3) is 1.00. The summed E-state index contributed by atoms with van der Waals surface area (Å²) in [4.78, 5) is 11.3. The van der Waals surface area contributed by atoms with Gasteiger partial charge in [-0.05, 0) is 76.3 Å². The predicted octanol–water partition coefficient (Wildman–Crippen LogP) is 0.489. The third kappa shape index (κ3) is 5.91. The molecular weight excluding hydrogens is 442 g/mol. The molecule has 0 spiro atoms. The molecule has 9 nitrogen and oxygen atoms in total. The van der Waals surface area contributed by atoms with Gasteiger partial charge in [-0.15, -0.1) is 0 Å². The predicted molar refractivity (Wildman–Crippen MR) is 127 cm³/mol. The zero-order valence-electron chi connectivity index (χ0n) is 20.1. The van der Waals surface area contributed by atoms with E-state index in [1.54, 1.807) is 0 Å². The van der Waals surface area contributed by atoms with Crippen LogP contribution in [-0.2, 0) is 19.4 Å². The van der Waals surface area contributed by atoms with Crippen molar-refractivity contribution >= 4 is 9.84 Å². The molecule has 1 aliphatic carbocycles. The number of hydrogen-bond donors (Lipinski definition) is 3. The van der Waals surface area contributed by atoms with Crippen molar-refractivity contribution in [3.05, 3.63) is 0 Å². The number of piperidine rings is 1. The van der Waals surface area contributed by atoms with E-state index in [2.05, 4.69) is 25.9 Å². The monoisotopic (exact) mass is 485 g/mol. The average Bonchev–Trinajstić information content (AvgIpc) is 3.49. The molecule has 3 N–H and O–H groups in total. The van der Waals surface area contributed by atoms with Crippen molar-refractivity contribution in [3.8, 4) is 0 Å². The Morgan fingerprint density at radius 1 is 1.00 bits per heavy atom. The van der Waals surface area contributed by atoms with Crippen LogP contribution in [0.4, 0.5) is 0 Å². The van der Waals surface area contributed by atoms with Gasteiger partial charge in [-0.1, -0.05) is 0 Å². The molecule has 0 amide bonds. The van der Waals surface area contributed by atoms with Crippen LogP contribution in [0.5, 0.6) is 0 Å². The number of hydroxylamine groups is 1. The molecule has 0 aromatic rings. The second-order valence-corrected chi connectivity index (χ2v) is 13.2. The van der Waals surface area contributed by atoms with Gasteiger partial charge in [0.05, 0.1) is 36.8 Å². The maximum atomic E-state index is 11.9. The lowest BCUT2D eigenvalue weighted by molar-refractivity contribution is -0.0305. The first-order chi connectivity index (χ1) is 16.0. The third-order valence-corrected chi connectivity index (χ3v) is 10.4. The van der Waals surface area contributed by atoms with Gasteiger partial charge < -0.3 is 10.1 Å². The van der Waals surface area contributed by atoms with Crippen molar-refractivity contribution in [2.24, 2.45) is 11.8 Å². The Morgan fingerprint density at radius 2 is 1.79 bits per heavy atom. The normalized spacial score (nSPS) is 42.0. The number of hydrogen-bond acceptors (Lipinski definition) is 9. The molecule has 5 atom stereocenters. The van der Waals surface area contributed by atoms with Crippen LogP contribution in [0.3, 0.4) is 0 Å². The minimum Gasteiger partial charge on any atom is -0.379 e. The summed E-state index contributed by atoms with van der Waals surface area (Å²) >= 11 is 0. The Hall–Kier alpha value is -0.330. The molecular formula is C23H43N5O4S. The van der Waals surface area contributed by atoms with E-state index in [1.807, 2.05) is 0 Å². The molecule has 33 heavy (non-hydrogen) atoms. The molecule has 0 aromatic carbocycles. The van der Waals surface area contributed by atoms with Crippen molar-refractivity contribution in [2.45, 2.75) is 81.2 Å². The van der Waals surface area contributed by atoms with Gasteiger partial charge in [-0.25, -0.2) is 8.42 Å². The summed E-state index contributed by atoms with van der Waals surface area (Å²) in [5, 5.41) is 7.37. The summed E-state index contributed by atoms with van der Waals surface area (Å²) in [6.07, 6.45) is 10.4. The summed E-state index contributed by atoms with van der Waals surface area (Å²) < 4.78 is 29.3. The minimum atomic E-state index is -2.89. The van der Waals surface area contributed by atoms with E-state index in [0.717, 1.165) is 90.9 Å². The summed E-state index contributed by atoms with van der Waals surface area (Å²) in [5.41, 5.74) is 3.35. The Morgan fingerprint density at radius 3 is 2.55 bits per heavy atom. The standard InChI is InChI=1S/C23H43N5O4S/c1-33(29,30)19-6-4-17(5-7-19)16-28-10-2-3-20(28)23-25-22(26-32-23)18-8-9-24-21(15-18)27-11-13-31-14-12-27/h17-26H,2-16H2,1H3. The number of nitrogens with one attached hydrogen (secondary N) is 3. The molecule has 5 fully saturated rings. The van der Waals surface area contributed by atoms with Gasteiger partial charge >= 0.3 is 0 Å². The quantitative estimate of drug-likeness (QED) is 0.497. The van der Waals surface area contributed by atoms with E-state index >= 15 is 0 Å². The Kier molecular flexibility index (Phi) is 7.93. The lowest BCUT2D eigenvalue weighted by atomic mass is 9.88. The molecule has 10 heteroatoms. The van der Waals surface area contributed by atoms with Crippen LogP contribution in [0.2, 0.25) is 0 Å². The van der Waals surface area contributed by atoms with Crippen LogP contribution in [0.1, 0.15) is 51.4 Å². The number of rotatable bonds is 6. The molecule has 190 valence electrons. The van der Waals surface area contributed by atoms with Crippen LogP contribution in [0.25, 0.3) is 0 Å². The van der Waals surface area contributed by atoms with E-state index < -0.39 is 9.84 Å². The van der Waals surface area contributed by atoms with E-state index in [1.165, 1.54) is 12.7 Å². The highest BCUT2D eigenvalue weighted by molar-refractivity contribution is 7.91. The largest absolute Gasteiger partial charge is 0.379 e.